The van der Waals surface area contributed by atoms with Gasteiger partial charge in [-0.25, -0.2) is 0 Å². The Labute approximate surface area is 111 Å². The van der Waals surface area contributed by atoms with Crippen molar-refractivity contribution < 1.29 is 4.79 Å². The maximum absolute atomic E-state index is 11.7. The van der Waals surface area contributed by atoms with Crippen molar-refractivity contribution in [3.8, 4) is 0 Å². The number of hydrogen-bond donors (Lipinski definition) is 1. The monoisotopic (exact) mass is 247 g/mol. The molecule has 0 aliphatic heterocycles. The summed E-state index contributed by atoms with van der Waals surface area (Å²) in [6.45, 7) is 10.3. The molecule has 0 bridgehead atoms. The normalized spacial score (nSPS) is 13.2. The minimum absolute atomic E-state index is 0.135. The molecule has 1 amide bonds. The minimum Gasteiger partial charge on any atom is -0.352 e. The average molecular weight is 247 g/mol. The molecule has 100 valence electrons. The summed E-state index contributed by atoms with van der Waals surface area (Å²) >= 11 is 0. The first-order chi connectivity index (χ1) is 8.28. The molecule has 18 heavy (non-hydrogen) atoms. The van der Waals surface area contributed by atoms with Crippen LogP contribution >= 0.6 is 0 Å². The Bertz CT molecular complexity index is 387. The van der Waals surface area contributed by atoms with E-state index in [9.17, 15) is 4.79 Å². The number of carbonyl (C=O) groups is 1. The number of carbonyl (C=O) groups excluding carboxylic acids is 1. The SMILES string of the molecule is Cc1ccc([C@@H](C)CCC(=O)NC(C)(C)C)cc1. The molecular formula is C16H25NO. The predicted octanol–water partition coefficient (Wildman–Crippen LogP) is 3.79. The second-order valence-electron chi connectivity index (χ2n) is 6.15. The van der Waals surface area contributed by atoms with Crippen LogP contribution in [0.3, 0.4) is 0 Å². The van der Waals surface area contributed by atoms with Crippen molar-refractivity contribution in [3.63, 3.8) is 0 Å². The summed E-state index contributed by atoms with van der Waals surface area (Å²) in [5, 5.41) is 3.00. The molecule has 0 aromatic heterocycles. The Morgan fingerprint density at radius 2 is 1.78 bits per heavy atom. The summed E-state index contributed by atoms with van der Waals surface area (Å²) in [6.07, 6.45) is 1.48. The zero-order valence-corrected chi connectivity index (χ0v) is 12.2. The molecule has 2 nitrogen and oxygen atoms in total. The molecule has 0 spiro atoms. The Kier molecular flexibility index (Phi) is 4.94. The van der Waals surface area contributed by atoms with Gasteiger partial charge in [-0.2, -0.15) is 0 Å². The molecule has 0 fully saturated rings. The highest BCUT2D eigenvalue weighted by molar-refractivity contribution is 5.76. The first-order valence-corrected chi connectivity index (χ1v) is 6.65. The first-order valence-electron chi connectivity index (χ1n) is 6.65. The third kappa shape index (κ3) is 5.35. The molecule has 0 aliphatic carbocycles. The van der Waals surface area contributed by atoms with E-state index in [-0.39, 0.29) is 11.4 Å². The van der Waals surface area contributed by atoms with Gasteiger partial charge in [0, 0.05) is 12.0 Å². The van der Waals surface area contributed by atoms with Gasteiger partial charge in [-0.3, -0.25) is 4.79 Å². The van der Waals surface area contributed by atoms with Crippen LogP contribution in [0.4, 0.5) is 0 Å². The van der Waals surface area contributed by atoms with E-state index < -0.39 is 0 Å². The molecular weight excluding hydrogens is 222 g/mol. The third-order valence-corrected chi connectivity index (χ3v) is 2.97. The number of benzene rings is 1. The Hall–Kier alpha value is -1.31. The summed E-state index contributed by atoms with van der Waals surface area (Å²) in [6, 6.07) is 8.56. The highest BCUT2D eigenvalue weighted by Crippen LogP contribution is 2.21. The molecule has 1 aromatic rings. The molecule has 0 heterocycles. The van der Waals surface area contributed by atoms with Gasteiger partial charge in [0.1, 0.15) is 0 Å². The summed E-state index contributed by atoms with van der Waals surface area (Å²) in [5.41, 5.74) is 2.45. The van der Waals surface area contributed by atoms with Crippen LogP contribution in [0.25, 0.3) is 0 Å². The second kappa shape index (κ2) is 6.03. The molecule has 1 N–H and O–H groups in total. The van der Waals surface area contributed by atoms with Crippen LogP contribution in [0.5, 0.6) is 0 Å². The lowest BCUT2D eigenvalue weighted by molar-refractivity contribution is -0.122. The van der Waals surface area contributed by atoms with Gasteiger partial charge in [0.25, 0.3) is 0 Å². The smallest absolute Gasteiger partial charge is 0.220 e. The molecule has 1 rings (SSSR count). The second-order valence-corrected chi connectivity index (χ2v) is 6.15. The van der Waals surface area contributed by atoms with E-state index in [4.69, 9.17) is 0 Å². The highest BCUT2D eigenvalue weighted by atomic mass is 16.1. The lowest BCUT2D eigenvalue weighted by atomic mass is 9.95. The fraction of sp³-hybridized carbons (Fsp3) is 0.562. The number of rotatable bonds is 4. The zero-order chi connectivity index (χ0) is 13.8. The quantitative estimate of drug-likeness (QED) is 0.861. The minimum atomic E-state index is -0.135. The van der Waals surface area contributed by atoms with Crippen LogP contribution in [0.2, 0.25) is 0 Å². The average Bonchev–Trinajstić information content (AvgIpc) is 2.24. The van der Waals surface area contributed by atoms with Crippen molar-refractivity contribution in [1.82, 2.24) is 5.32 Å². The predicted molar refractivity (Wildman–Crippen MR) is 76.7 cm³/mol. The lowest BCUT2D eigenvalue weighted by Crippen LogP contribution is -2.40. The van der Waals surface area contributed by atoms with Crippen LogP contribution in [-0.2, 0) is 4.79 Å². The van der Waals surface area contributed by atoms with Crippen molar-refractivity contribution in [2.24, 2.45) is 0 Å². The molecule has 0 saturated carbocycles. The summed E-state index contributed by atoms with van der Waals surface area (Å²) < 4.78 is 0. The van der Waals surface area contributed by atoms with E-state index in [1.54, 1.807) is 0 Å². The Morgan fingerprint density at radius 3 is 2.28 bits per heavy atom. The largest absolute Gasteiger partial charge is 0.352 e. The molecule has 0 saturated heterocycles. The van der Waals surface area contributed by atoms with E-state index in [2.05, 4.69) is 43.4 Å². The molecule has 2 heteroatoms. The van der Waals surface area contributed by atoms with Gasteiger partial charge in [0.15, 0.2) is 0 Å². The fourth-order valence-electron chi connectivity index (χ4n) is 1.89. The van der Waals surface area contributed by atoms with Crippen molar-refractivity contribution in [1.29, 1.82) is 0 Å². The highest BCUT2D eigenvalue weighted by Gasteiger charge is 2.14. The van der Waals surface area contributed by atoms with Crippen molar-refractivity contribution in [3.05, 3.63) is 35.4 Å². The number of aryl methyl sites for hydroxylation is 1. The molecule has 0 aliphatic rings. The van der Waals surface area contributed by atoms with Gasteiger partial charge in [-0.05, 0) is 45.6 Å². The lowest BCUT2D eigenvalue weighted by Gasteiger charge is -2.21. The number of nitrogens with one attached hydrogen (secondary N) is 1. The van der Waals surface area contributed by atoms with E-state index in [0.717, 1.165) is 6.42 Å². The summed E-state index contributed by atoms with van der Waals surface area (Å²) in [4.78, 5) is 11.7. The van der Waals surface area contributed by atoms with Crippen LogP contribution in [0, 0.1) is 6.92 Å². The molecule has 0 radical (unpaired) electrons. The van der Waals surface area contributed by atoms with Crippen LogP contribution in [0.15, 0.2) is 24.3 Å². The standard InChI is InChI=1S/C16H25NO/c1-12-6-9-14(10-7-12)13(2)8-11-15(18)17-16(3,4)5/h6-7,9-10,13H,8,11H2,1-5H3,(H,17,18)/t13-/m0/s1. The molecule has 0 unspecified atom stereocenters. The van der Waals surface area contributed by atoms with Crippen LogP contribution in [0.1, 0.15) is 57.6 Å². The van der Waals surface area contributed by atoms with Gasteiger partial charge < -0.3 is 5.32 Å². The molecule has 1 aromatic carbocycles. The van der Waals surface area contributed by atoms with E-state index >= 15 is 0 Å². The Morgan fingerprint density at radius 1 is 1.22 bits per heavy atom. The Balaban J connectivity index is 2.44. The van der Waals surface area contributed by atoms with Crippen LogP contribution in [-0.4, -0.2) is 11.4 Å². The van der Waals surface area contributed by atoms with Crippen molar-refractivity contribution in [2.75, 3.05) is 0 Å². The van der Waals surface area contributed by atoms with Gasteiger partial charge in [-0.1, -0.05) is 36.8 Å². The van der Waals surface area contributed by atoms with Crippen molar-refractivity contribution >= 4 is 5.91 Å². The topological polar surface area (TPSA) is 29.1 Å². The van der Waals surface area contributed by atoms with Gasteiger partial charge >= 0.3 is 0 Å². The third-order valence-electron chi connectivity index (χ3n) is 2.97. The van der Waals surface area contributed by atoms with Gasteiger partial charge in [-0.15, -0.1) is 0 Å². The van der Waals surface area contributed by atoms with Gasteiger partial charge in [0.05, 0.1) is 0 Å². The molecule has 1 atom stereocenters. The maximum Gasteiger partial charge on any atom is 0.220 e. The van der Waals surface area contributed by atoms with E-state index in [0.29, 0.717) is 12.3 Å². The zero-order valence-electron chi connectivity index (χ0n) is 12.2. The van der Waals surface area contributed by atoms with Crippen molar-refractivity contribution in [2.45, 2.75) is 58.9 Å². The number of hydrogen-bond acceptors (Lipinski definition) is 1. The first kappa shape index (κ1) is 14.7. The van der Waals surface area contributed by atoms with Crippen LogP contribution < -0.4 is 5.32 Å². The summed E-state index contributed by atoms with van der Waals surface area (Å²) in [5.74, 6) is 0.567. The number of amides is 1. The summed E-state index contributed by atoms with van der Waals surface area (Å²) in [7, 11) is 0. The van der Waals surface area contributed by atoms with E-state index in [1.165, 1.54) is 11.1 Å². The fourth-order valence-corrected chi connectivity index (χ4v) is 1.89. The maximum atomic E-state index is 11.7. The van der Waals surface area contributed by atoms with Gasteiger partial charge in [0.2, 0.25) is 5.91 Å². The van der Waals surface area contributed by atoms with E-state index in [1.807, 2.05) is 20.8 Å².